The van der Waals surface area contributed by atoms with Gasteiger partial charge >= 0.3 is 0 Å². The zero-order valence-electron chi connectivity index (χ0n) is 18.8. The van der Waals surface area contributed by atoms with E-state index >= 15 is 0 Å². The molecule has 2 aromatic carbocycles. The number of sulfonamides is 1. The van der Waals surface area contributed by atoms with Crippen LogP contribution in [0.4, 0.5) is 5.69 Å². The Morgan fingerprint density at radius 3 is 2.41 bits per heavy atom. The first-order valence-corrected chi connectivity index (χ1v) is 12.1. The number of benzene rings is 2. The molecule has 10 heteroatoms. The maximum atomic E-state index is 13.4. The van der Waals surface area contributed by atoms with E-state index < -0.39 is 28.5 Å². The van der Waals surface area contributed by atoms with E-state index in [4.69, 9.17) is 16.3 Å². The van der Waals surface area contributed by atoms with Gasteiger partial charge in [0, 0.05) is 18.6 Å². The molecule has 0 bridgehead atoms. The fraction of sp³-hybridized carbons (Fsp3) is 0.364. The molecule has 0 spiro atoms. The largest absolute Gasteiger partial charge is 0.495 e. The predicted molar refractivity (Wildman–Crippen MR) is 125 cm³/mol. The molecule has 0 unspecified atom stereocenters. The number of carbonyl (C=O) groups excluding carboxylic acids is 2. The molecule has 2 rings (SSSR count). The lowest BCUT2D eigenvalue weighted by Gasteiger charge is -2.31. The minimum atomic E-state index is -3.85. The number of hydrogen-bond donors (Lipinski definition) is 1. The monoisotopic (exact) mass is 481 g/mol. The number of nitrogens with zero attached hydrogens (tertiary/aromatic N) is 2. The molecular weight excluding hydrogens is 454 g/mol. The molecule has 32 heavy (non-hydrogen) atoms. The van der Waals surface area contributed by atoms with Crippen molar-refractivity contribution in [1.82, 2.24) is 10.2 Å². The van der Waals surface area contributed by atoms with Gasteiger partial charge in [-0.05, 0) is 43.2 Å². The molecule has 0 aliphatic rings. The Morgan fingerprint density at radius 2 is 1.84 bits per heavy atom. The Balaban J connectivity index is 2.47. The number of rotatable bonds is 9. The van der Waals surface area contributed by atoms with Crippen LogP contribution in [-0.4, -0.2) is 58.1 Å². The normalized spacial score (nSPS) is 12.1. The fourth-order valence-corrected chi connectivity index (χ4v) is 4.23. The molecule has 2 amide bonds. The summed E-state index contributed by atoms with van der Waals surface area (Å²) in [5.41, 5.74) is 1.68. The lowest BCUT2D eigenvalue weighted by Crippen LogP contribution is -2.50. The molecule has 0 saturated heterocycles. The molecule has 0 saturated carbocycles. The van der Waals surface area contributed by atoms with E-state index in [9.17, 15) is 18.0 Å². The number of ether oxygens (including phenoxy) is 1. The van der Waals surface area contributed by atoms with Crippen LogP contribution in [0.25, 0.3) is 0 Å². The molecule has 8 nitrogen and oxygen atoms in total. The third kappa shape index (κ3) is 6.14. The summed E-state index contributed by atoms with van der Waals surface area (Å²) >= 11 is 6.26. The third-order valence-corrected chi connectivity index (χ3v) is 6.49. The van der Waals surface area contributed by atoms with Crippen molar-refractivity contribution in [2.75, 3.05) is 31.3 Å². The Hall–Kier alpha value is -2.78. The lowest BCUT2D eigenvalue weighted by molar-refractivity contribution is -0.139. The van der Waals surface area contributed by atoms with E-state index in [1.807, 2.05) is 6.92 Å². The quantitative estimate of drug-likeness (QED) is 0.594. The van der Waals surface area contributed by atoms with Gasteiger partial charge < -0.3 is 15.0 Å². The summed E-state index contributed by atoms with van der Waals surface area (Å²) in [4.78, 5) is 27.0. The maximum Gasteiger partial charge on any atom is 0.244 e. The van der Waals surface area contributed by atoms with Crippen LogP contribution in [0.3, 0.4) is 0 Å². The first kappa shape index (κ1) is 25.5. The second-order valence-corrected chi connectivity index (χ2v) is 9.66. The van der Waals surface area contributed by atoms with E-state index in [1.165, 1.54) is 19.1 Å². The highest BCUT2D eigenvalue weighted by atomic mass is 35.5. The van der Waals surface area contributed by atoms with Crippen molar-refractivity contribution < 1.29 is 22.7 Å². The Bertz CT molecular complexity index is 1090. The van der Waals surface area contributed by atoms with Gasteiger partial charge in [-0.25, -0.2) is 8.42 Å². The average Bonchev–Trinajstić information content (AvgIpc) is 2.74. The number of likely N-dealkylation sites (N-methyl/N-ethyl adjacent to an activating group) is 1. The van der Waals surface area contributed by atoms with Crippen molar-refractivity contribution in [3.63, 3.8) is 0 Å². The average molecular weight is 482 g/mol. The Morgan fingerprint density at radius 1 is 1.19 bits per heavy atom. The number of hydrogen-bond acceptors (Lipinski definition) is 5. The van der Waals surface area contributed by atoms with Crippen LogP contribution in [0.2, 0.25) is 5.02 Å². The van der Waals surface area contributed by atoms with Crippen molar-refractivity contribution in [3.8, 4) is 5.75 Å². The highest BCUT2D eigenvalue weighted by Crippen LogP contribution is 2.31. The fourth-order valence-electron chi connectivity index (χ4n) is 3.19. The molecule has 0 aliphatic carbocycles. The number of carbonyl (C=O) groups is 2. The van der Waals surface area contributed by atoms with Crippen molar-refractivity contribution in [3.05, 3.63) is 58.6 Å². The summed E-state index contributed by atoms with van der Waals surface area (Å²) in [6.07, 6.45) is 1.02. The van der Waals surface area contributed by atoms with Crippen LogP contribution in [0.15, 0.2) is 42.5 Å². The standard InChI is InChI=1S/C22H28ClN3O5S/c1-15-10-11-20(31-4)19(12-15)26(32(5,29)30)14-21(27)25(16(2)22(28)24-3)13-17-8-6-7-9-18(17)23/h6-12,16H,13-14H2,1-5H3,(H,24,28)/t16-/m1/s1. The SMILES string of the molecule is CNC(=O)[C@@H](C)N(Cc1ccccc1Cl)C(=O)CN(c1cc(C)ccc1OC)S(C)(=O)=O. The molecule has 1 atom stereocenters. The summed E-state index contributed by atoms with van der Waals surface area (Å²) in [6.45, 7) is 2.91. The minimum Gasteiger partial charge on any atom is -0.495 e. The van der Waals surface area contributed by atoms with Gasteiger partial charge in [-0.1, -0.05) is 35.9 Å². The molecule has 1 N–H and O–H groups in total. The predicted octanol–water partition coefficient (Wildman–Crippen LogP) is 2.59. The van der Waals surface area contributed by atoms with Crippen molar-refractivity contribution >= 4 is 39.1 Å². The van der Waals surface area contributed by atoms with Gasteiger partial charge in [0.15, 0.2) is 0 Å². The van der Waals surface area contributed by atoms with Gasteiger partial charge in [0.25, 0.3) is 0 Å². The molecule has 2 aromatic rings. The van der Waals surface area contributed by atoms with Gasteiger partial charge in [0.2, 0.25) is 21.8 Å². The molecule has 0 aliphatic heterocycles. The van der Waals surface area contributed by atoms with Gasteiger partial charge in [0.1, 0.15) is 18.3 Å². The van der Waals surface area contributed by atoms with E-state index in [0.717, 1.165) is 16.1 Å². The molecule has 0 heterocycles. The van der Waals surface area contributed by atoms with Crippen molar-refractivity contribution in [2.24, 2.45) is 0 Å². The van der Waals surface area contributed by atoms with E-state index in [2.05, 4.69) is 5.32 Å². The van der Waals surface area contributed by atoms with Crippen LogP contribution in [-0.2, 0) is 26.2 Å². The zero-order valence-corrected chi connectivity index (χ0v) is 20.3. The molecule has 174 valence electrons. The molecule has 0 aromatic heterocycles. The summed E-state index contributed by atoms with van der Waals surface area (Å²) in [5, 5.41) is 2.96. The van der Waals surface area contributed by atoms with Crippen LogP contribution in [0, 0.1) is 6.92 Å². The van der Waals surface area contributed by atoms with E-state index in [0.29, 0.717) is 16.3 Å². The summed E-state index contributed by atoms with van der Waals surface area (Å²) in [5.74, 6) is -0.634. The minimum absolute atomic E-state index is 0.0373. The van der Waals surface area contributed by atoms with Gasteiger partial charge in [0.05, 0.1) is 19.1 Å². The number of amides is 2. The highest BCUT2D eigenvalue weighted by molar-refractivity contribution is 7.92. The maximum absolute atomic E-state index is 13.4. The number of nitrogens with one attached hydrogen (secondary N) is 1. The van der Waals surface area contributed by atoms with Gasteiger partial charge in [-0.15, -0.1) is 0 Å². The van der Waals surface area contributed by atoms with Crippen LogP contribution in [0.5, 0.6) is 5.75 Å². The second-order valence-electron chi connectivity index (χ2n) is 7.35. The number of methoxy groups -OCH3 is 1. The molecule has 0 fully saturated rings. The summed E-state index contributed by atoms with van der Waals surface area (Å²) < 4.78 is 31.6. The highest BCUT2D eigenvalue weighted by Gasteiger charge is 2.31. The second kappa shape index (κ2) is 10.7. The first-order chi connectivity index (χ1) is 15.0. The summed E-state index contributed by atoms with van der Waals surface area (Å²) in [7, 11) is -0.955. The van der Waals surface area contributed by atoms with E-state index in [1.54, 1.807) is 49.4 Å². The van der Waals surface area contributed by atoms with Gasteiger partial charge in [-0.2, -0.15) is 0 Å². The molecule has 0 radical (unpaired) electrons. The van der Waals surface area contributed by atoms with Crippen LogP contribution < -0.4 is 14.4 Å². The Kier molecular flexibility index (Phi) is 8.51. The zero-order chi connectivity index (χ0) is 24.1. The van der Waals surface area contributed by atoms with E-state index in [-0.39, 0.29) is 18.1 Å². The van der Waals surface area contributed by atoms with Crippen molar-refractivity contribution in [1.29, 1.82) is 0 Å². The smallest absolute Gasteiger partial charge is 0.244 e. The van der Waals surface area contributed by atoms with Crippen LogP contribution >= 0.6 is 11.6 Å². The first-order valence-electron chi connectivity index (χ1n) is 9.86. The topological polar surface area (TPSA) is 96.0 Å². The lowest BCUT2D eigenvalue weighted by atomic mass is 10.1. The van der Waals surface area contributed by atoms with Gasteiger partial charge in [-0.3, -0.25) is 13.9 Å². The Labute approximate surface area is 194 Å². The number of halogens is 1. The number of anilines is 1. The summed E-state index contributed by atoms with van der Waals surface area (Å²) in [6, 6.07) is 11.2. The third-order valence-electron chi connectivity index (χ3n) is 4.99. The number of aryl methyl sites for hydroxylation is 1. The molecular formula is C22H28ClN3O5S. The van der Waals surface area contributed by atoms with Crippen molar-refractivity contribution in [2.45, 2.75) is 26.4 Å². The van der Waals surface area contributed by atoms with Crippen LogP contribution in [0.1, 0.15) is 18.1 Å².